The van der Waals surface area contributed by atoms with Crippen LogP contribution in [0.1, 0.15) is 57.3 Å². The third-order valence-corrected chi connectivity index (χ3v) is 6.11. The maximum absolute atomic E-state index is 12.4. The monoisotopic (exact) mass is 377 g/mol. The Morgan fingerprint density at radius 3 is 2.69 bits per heavy atom. The number of benzene rings is 1. The average Bonchev–Trinajstić information content (AvgIpc) is 2.60. The molecule has 26 heavy (non-hydrogen) atoms. The minimum atomic E-state index is -0.189. The highest BCUT2D eigenvalue weighted by molar-refractivity contribution is 8.00. The lowest BCUT2D eigenvalue weighted by Gasteiger charge is -2.36. The Morgan fingerprint density at radius 2 is 2.00 bits per heavy atom. The Kier molecular flexibility index (Phi) is 8.01. The molecule has 0 bridgehead atoms. The van der Waals surface area contributed by atoms with Crippen molar-refractivity contribution in [3.05, 3.63) is 29.8 Å². The van der Waals surface area contributed by atoms with Crippen molar-refractivity contribution in [1.29, 1.82) is 0 Å². The van der Waals surface area contributed by atoms with Crippen molar-refractivity contribution >= 4 is 23.6 Å². The van der Waals surface area contributed by atoms with E-state index in [4.69, 9.17) is 4.74 Å². The van der Waals surface area contributed by atoms with Crippen LogP contribution in [0.5, 0.6) is 0 Å². The summed E-state index contributed by atoms with van der Waals surface area (Å²) >= 11 is 1.37. The first-order valence-corrected chi connectivity index (χ1v) is 10.6. The van der Waals surface area contributed by atoms with Gasteiger partial charge in [0, 0.05) is 11.4 Å². The quantitative estimate of drug-likeness (QED) is 0.560. The van der Waals surface area contributed by atoms with Crippen LogP contribution in [0.2, 0.25) is 0 Å². The number of hydrogen-bond donors (Lipinski definition) is 1. The summed E-state index contributed by atoms with van der Waals surface area (Å²) in [7, 11) is 0. The van der Waals surface area contributed by atoms with Gasteiger partial charge < -0.3 is 10.1 Å². The molecule has 1 fully saturated rings. The summed E-state index contributed by atoms with van der Waals surface area (Å²) in [6.45, 7) is 9.12. The molecule has 4 nitrogen and oxygen atoms in total. The highest BCUT2D eigenvalue weighted by Gasteiger charge is 2.33. The van der Waals surface area contributed by atoms with E-state index in [0.29, 0.717) is 29.9 Å². The van der Waals surface area contributed by atoms with Gasteiger partial charge >= 0.3 is 5.97 Å². The lowest BCUT2D eigenvalue weighted by molar-refractivity contribution is -0.152. The second kappa shape index (κ2) is 10.0. The molecule has 144 valence electrons. The zero-order chi connectivity index (χ0) is 19.1. The largest absolute Gasteiger partial charge is 0.461 e. The molecule has 1 saturated carbocycles. The van der Waals surface area contributed by atoms with Gasteiger partial charge in [-0.25, -0.2) is 0 Å². The number of ether oxygens (including phenoxy) is 1. The lowest BCUT2D eigenvalue weighted by atomic mass is 9.75. The van der Waals surface area contributed by atoms with Crippen LogP contribution in [-0.2, 0) is 9.53 Å². The fourth-order valence-electron chi connectivity index (χ4n) is 3.63. The van der Waals surface area contributed by atoms with Crippen molar-refractivity contribution in [2.24, 2.45) is 17.8 Å². The summed E-state index contributed by atoms with van der Waals surface area (Å²) in [4.78, 5) is 25.4. The average molecular weight is 378 g/mol. The Hall–Kier alpha value is -1.49. The van der Waals surface area contributed by atoms with E-state index in [1.165, 1.54) is 18.2 Å². The predicted octanol–water partition coefficient (Wildman–Crippen LogP) is 4.53. The van der Waals surface area contributed by atoms with Gasteiger partial charge in [0.15, 0.2) is 0 Å². The van der Waals surface area contributed by atoms with E-state index in [1.54, 1.807) is 6.07 Å². The molecular formula is C21H31NO3S. The van der Waals surface area contributed by atoms with Crippen LogP contribution in [0.15, 0.2) is 29.2 Å². The van der Waals surface area contributed by atoms with Gasteiger partial charge in [0.05, 0.1) is 11.3 Å². The number of amides is 1. The van der Waals surface area contributed by atoms with E-state index in [0.717, 1.165) is 17.7 Å². The molecule has 0 saturated heterocycles. The smallest absolute Gasteiger partial charge is 0.316 e. The van der Waals surface area contributed by atoms with Crippen LogP contribution in [-0.4, -0.2) is 30.3 Å². The second-order valence-electron chi connectivity index (χ2n) is 7.50. The van der Waals surface area contributed by atoms with Gasteiger partial charge in [-0.15, -0.1) is 11.8 Å². The molecule has 1 aliphatic rings. The summed E-state index contributed by atoms with van der Waals surface area (Å²) in [6.07, 6.45) is 3.31. The van der Waals surface area contributed by atoms with Gasteiger partial charge in [-0.3, -0.25) is 9.59 Å². The Labute approximate surface area is 161 Å². The number of thioether (sulfide) groups is 1. The number of rotatable bonds is 7. The van der Waals surface area contributed by atoms with E-state index >= 15 is 0 Å². The molecule has 1 N–H and O–H groups in total. The van der Waals surface area contributed by atoms with Gasteiger partial charge in [-0.1, -0.05) is 39.3 Å². The SMILES string of the molecule is CCNC(=O)c1ccccc1SCC(=O)OC1CC(C)CCC1C(C)C. The number of hydrogen-bond acceptors (Lipinski definition) is 4. The number of esters is 1. The molecule has 0 aromatic heterocycles. The normalized spacial score (nSPS) is 22.9. The first kappa shape index (κ1) is 20.8. The van der Waals surface area contributed by atoms with E-state index in [9.17, 15) is 9.59 Å². The summed E-state index contributed by atoms with van der Waals surface area (Å²) in [5.74, 6) is 1.50. The summed E-state index contributed by atoms with van der Waals surface area (Å²) in [5.41, 5.74) is 0.610. The fourth-order valence-corrected chi connectivity index (χ4v) is 4.46. The van der Waals surface area contributed by atoms with Crippen molar-refractivity contribution < 1.29 is 14.3 Å². The van der Waals surface area contributed by atoms with Crippen molar-refractivity contribution in [2.45, 2.75) is 58.0 Å². The van der Waals surface area contributed by atoms with E-state index in [1.807, 2.05) is 25.1 Å². The molecule has 3 atom stereocenters. The standard InChI is InChI=1S/C21H31NO3S/c1-5-22-21(24)17-8-6-7-9-19(17)26-13-20(23)25-18-12-15(4)10-11-16(18)14(2)3/h6-9,14-16,18H,5,10-13H2,1-4H3,(H,22,24). The van der Waals surface area contributed by atoms with Crippen LogP contribution in [0.25, 0.3) is 0 Å². The highest BCUT2D eigenvalue weighted by Crippen LogP contribution is 2.35. The van der Waals surface area contributed by atoms with Crippen LogP contribution in [0.4, 0.5) is 0 Å². The van der Waals surface area contributed by atoms with Crippen LogP contribution in [0.3, 0.4) is 0 Å². The Bertz CT molecular complexity index is 617. The van der Waals surface area contributed by atoms with Gasteiger partial charge in [0.2, 0.25) is 0 Å². The molecule has 0 aliphatic heterocycles. The third-order valence-electron chi connectivity index (χ3n) is 5.06. The van der Waals surface area contributed by atoms with E-state index < -0.39 is 0 Å². The zero-order valence-corrected chi connectivity index (χ0v) is 17.1. The maximum Gasteiger partial charge on any atom is 0.316 e. The summed E-state index contributed by atoms with van der Waals surface area (Å²) in [6, 6.07) is 7.38. The van der Waals surface area contributed by atoms with Crippen molar-refractivity contribution in [2.75, 3.05) is 12.3 Å². The van der Waals surface area contributed by atoms with Crippen molar-refractivity contribution in [3.8, 4) is 0 Å². The van der Waals surface area contributed by atoms with E-state index in [-0.39, 0.29) is 23.7 Å². The molecular weight excluding hydrogens is 346 g/mol. The molecule has 5 heteroatoms. The maximum atomic E-state index is 12.4. The predicted molar refractivity (Wildman–Crippen MR) is 106 cm³/mol. The third kappa shape index (κ3) is 5.76. The number of carbonyl (C=O) groups is 2. The molecule has 1 aromatic carbocycles. The number of nitrogens with one attached hydrogen (secondary N) is 1. The molecule has 1 amide bonds. The number of carbonyl (C=O) groups excluding carboxylic acids is 2. The molecule has 1 aromatic rings. The topological polar surface area (TPSA) is 55.4 Å². The zero-order valence-electron chi connectivity index (χ0n) is 16.3. The molecule has 0 heterocycles. The lowest BCUT2D eigenvalue weighted by Crippen LogP contribution is -2.36. The Balaban J connectivity index is 1.95. The molecule has 3 unspecified atom stereocenters. The second-order valence-corrected chi connectivity index (χ2v) is 8.52. The first-order chi connectivity index (χ1) is 12.4. The first-order valence-electron chi connectivity index (χ1n) is 9.61. The molecule has 0 radical (unpaired) electrons. The van der Waals surface area contributed by atoms with Crippen molar-refractivity contribution in [1.82, 2.24) is 5.32 Å². The van der Waals surface area contributed by atoms with Crippen LogP contribution >= 0.6 is 11.8 Å². The minimum absolute atomic E-state index is 0.0190. The summed E-state index contributed by atoms with van der Waals surface area (Å²) in [5, 5.41) is 2.81. The van der Waals surface area contributed by atoms with E-state index in [2.05, 4.69) is 26.1 Å². The Morgan fingerprint density at radius 1 is 1.27 bits per heavy atom. The van der Waals surface area contributed by atoms with Gasteiger partial charge in [0.1, 0.15) is 6.10 Å². The minimum Gasteiger partial charge on any atom is -0.461 e. The molecule has 1 aliphatic carbocycles. The van der Waals surface area contributed by atoms with Crippen molar-refractivity contribution in [3.63, 3.8) is 0 Å². The summed E-state index contributed by atoms with van der Waals surface area (Å²) < 4.78 is 5.84. The van der Waals surface area contributed by atoms with Crippen LogP contribution in [0, 0.1) is 17.8 Å². The van der Waals surface area contributed by atoms with Crippen LogP contribution < -0.4 is 5.32 Å². The fraction of sp³-hybridized carbons (Fsp3) is 0.619. The van der Waals surface area contributed by atoms with Gasteiger partial charge in [0.25, 0.3) is 5.91 Å². The molecule has 0 spiro atoms. The highest BCUT2D eigenvalue weighted by atomic mass is 32.2. The van der Waals surface area contributed by atoms with Gasteiger partial charge in [-0.2, -0.15) is 0 Å². The molecule has 2 rings (SSSR count). The van der Waals surface area contributed by atoms with Gasteiger partial charge in [-0.05, 0) is 49.7 Å².